The van der Waals surface area contributed by atoms with Gasteiger partial charge in [-0.25, -0.2) is 4.79 Å². The monoisotopic (exact) mass is 591 g/mol. The fourth-order valence-electron chi connectivity index (χ4n) is 4.70. The zero-order chi connectivity index (χ0) is 29.1. The molecule has 2 unspecified atom stereocenters. The van der Waals surface area contributed by atoms with Crippen molar-refractivity contribution >= 4 is 58.4 Å². The molecule has 1 aliphatic heterocycles. The first-order chi connectivity index (χ1) is 19.8. The van der Waals surface area contributed by atoms with Gasteiger partial charge in [0.05, 0.1) is 43.2 Å². The van der Waals surface area contributed by atoms with Crippen molar-refractivity contribution in [1.29, 1.82) is 0 Å². The van der Waals surface area contributed by atoms with Crippen LogP contribution in [0.15, 0.2) is 77.3 Å². The van der Waals surface area contributed by atoms with Crippen LogP contribution in [-0.4, -0.2) is 61.6 Å². The van der Waals surface area contributed by atoms with Gasteiger partial charge in [-0.15, -0.1) is 12.4 Å². The standard InChI is InChI=1S/C30H29N5O6.ClH/c1-18(31-2)27(36)32-23-17-34(28(37)19-12-14-20(15-13-19)30(39)40-3)24-9-5-6-10-25(24)35(29(23)38)16-22-21-8-4-7-11-26(21)41-33-22;/h4-15,18,23,31H,16-17H2,1-3H3,(H,32,36);1H. The van der Waals surface area contributed by atoms with E-state index in [2.05, 4.69) is 15.8 Å². The molecule has 2 atom stereocenters. The van der Waals surface area contributed by atoms with Crippen LogP contribution in [0.4, 0.5) is 11.4 Å². The van der Waals surface area contributed by atoms with Crippen LogP contribution in [0.25, 0.3) is 11.0 Å². The number of likely N-dealkylation sites (N-methyl/N-ethyl adjacent to an activating group) is 1. The van der Waals surface area contributed by atoms with Crippen molar-refractivity contribution in [1.82, 2.24) is 15.8 Å². The maximum absolute atomic E-state index is 14.1. The molecule has 3 amide bonds. The number of fused-ring (bicyclic) bond motifs is 2. The highest BCUT2D eigenvalue weighted by molar-refractivity contribution is 6.13. The van der Waals surface area contributed by atoms with Crippen LogP contribution in [0.3, 0.4) is 0 Å². The minimum atomic E-state index is -1.07. The molecular weight excluding hydrogens is 562 g/mol. The van der Waals surface area contributed by atoms with E-state index >= 15 is 0 Å². The molecule has 0 fully saturated rings. The van der Waals surface area contributed by atoms with Crippen LogP contribution in [0.2, 0.25) is 0 Å². The van der Waals surface area contributed by atoms with Gasteiger partial charge in [-0.2, -0.15) is 0 Å². The number of amides is 3. The van der Waals surface area contributed by atoms with Gasteiger partial charge < -0.3 is 29.7 Å². The summed E-state index contributed by atoms with van der Waals surface area (Å²) in [5.41, 5.74) is 2.67. The van der Waals surface area contributed by atoms with Crippen molar-refractivity contribution in [3.05, 3.63) is 89.6 Å². The average molecular weight is 592 g/mol. The van der Waals surface area contributed by atoms with E-state index < -0.39 is 35.8 Å². The Balaban J connectivity index is 0.00000405. The maximum Gasteiger partial charge on any atom is 0.337 e. The number of hydrogen-bond acceptors (Lipinski definition) is 8. The summed E-state index contributed by atoms with van der Waals surface area (Å²) in [5, 5.41) is 10.6. The summed E-state index contributed by atoms with van der Waals surface area (Å²) in [6, 6.07) is 18.8. The van der Waals surface area contributed by atoms with Gasteiger partial charge in [0.15, 0.2) is 5.58 Å². The number of carbonyl (C=O) groups is 4. The van der Waals surface area contributed by atoms with E-state index in [-0.39, 0.29) is 25.5 Å². The molecule has 0 saturated heterocycles. The molecule has 42 heavy (non-hydrogen) atoms. The molecule has 0 radical (unpaired) electrons. The number of carbonyl (C=O) groups excluding carboxylic acids is 4. The maximum atomic E-state index is 14.1. The molecule has 5 rings (SSSR count). The fraction of sp³-hybridized carbons (Fsp3) is 0.233. The number of nitrogens with one attached hydrogen (secondary N) is 2. The number of nitrogens with zero attached hydrogens (tertiary/aromatic N) is 3. The fourth-order valence-corrected chi connectivity index (χ4v) is 4.70. The lowest BCUT2D eigenvalue weighted by Gasteiger charge is -2.26. The highest BCUT2D eigenvalue weighted by Crippen LogP contribution is 2.35. The van der Waals surface area contributed by atoms with Crippen molar-refractivity contribution in [2.75, 3.05) is 30.5 Å². The van der Waals surface area contributed by atoms with E-state index in [0.29, 0.717) is 33.8 Å². The molecule has 12 heteroatoms. The summed E-state index contributed by atoms with van der Waals surface area (Å²) in [6.45, 7) is 1.61. The molecule has 0 saturated carbocycles. The Morgan fingerprint density at radius 1 is 1.00 bits per heavy atom. The Morgan fingerprint density at radius 2 is 1.64 bits per heavy atom. The Morgan fingerprint density at radius 3 is 2.33 bits per heavy atom. The number of methoxy groups -OCH3 is 1. The summed E-state index contributed by atoms with van der Waals surface area (Å²) in [4.78, 5) is 55.8. The molecule has 0 bridgehead atoms. The molecule has 0 spiro atoms. The number of benzene rings is 3. The molecule has 1 aliphatic rings. The van der Waals surface area contributed by atoms with Gasteiger partial charge in [-0.1, -0.05) is 29.4 Å². The lowest BCUT2D eigenvalue weighted by molar-refractivity contribution is -0.128. The molecule has 3 aromatic carbocycles. The zero-order valence-electron chi connectivity index (χ0n) is 23.2. The van der Waals surface area contributed by atoms with E-state index in [1.54, 1.807) is 44.3 Å². The number of esters is 1. The number of halogens is 1. The molecule has 2 heterocycles. The van der Waals surface area contributed by atoms with Crippen molar-refractivity contribution in [2.24, 2.45) is 0 Å². The third-order valence-electron chi connectivity index (χ3n) is 7.09. The third kappa shape index (κ3) is 5.83. The van der Waals surface area contributed by atoms with E-state index in [4.69, 9.17) is 9.26 Å². The Kier molecular flexibility index (Phi) is 9.24. The molecule has 218 valence electrons. The first-order valence-corrected chi connectivity index (χ1v) is 13.0. The Bertz CT molecular complexity index is 1620. The topological polar surface area (TPSA) is 134 Å². The minimum absolute atomic E-state index is 0. The lowest BCUT2D eigenvalue weighted by Crippen LogP contribution is -2.55. The highest BCUT2D eigenvalue weighted by Gasteiger charge is 2.38. The third-order valence-corrected chi connectivity index (χ3v) is 7.09. The van der Waals surface area contributed by atoms with Crippen LogP contribution < -0.4 is 20.4 Å². The van der Waals surface area contributed by atoms with Crippen LogP contribution in [-0.2, 0) is 20.9 Å². The van der Waals surface area contributed by atoms with E-state index in [1.165, 1.54) is 41.2 Å². The van der Waals surface area contributed by atoms with Crippen LogP contribution in [0.5, 0.6) is 0 Å². The van der Waals surface area contributed by atoms with E-state index in [1.807, 2.05) is 18.2 Å². The highest BCUT2D eigenvalue weighted by atomic mass is 35.5. The largest absolute Gasteiger partial charge is 0.465 e. The first kappa shape index (κ1) is 30.2. The second-order valence-corrected chi connectivity index (χ2v) is 9.59. The molecule has 4 aromatic rings. The molecule has 2 N–H and O–H groups in total. The van der Waals surface area contributed by atoms with Crippen molar-refractivity contribution < 1.29 is 28.4 Å². The van der Waals surface area contributed by atoms with Gasteiger partial charge in [-0.3, -0.25) is 14.4 Å². The van der Waals surface area contributed by atoms with Gasteiger partial charge in [0.1, 0.15) is 11.7 Å². The van der Waals surface area contributed by atoms with E-state index in [0.717, 1.165) is 5.39 Å². The van der Waals surface area contributed by atoms with E-state index in [9.17, 15) is 19.2 Å². The van der Waals surface area contributed by atoms with Crippen molar-refractivity contribution in [3.63, 3.8) is 0 Å². The lowest BCUT2D eigenvalue weighted by atomic mass is 10.1. The van der Waals surface area contributed by atoms with Gasteiger partial charge in [0.2, 0.25) is 5.91 Å². The average Bonchev–Trinajstić information content (AvgIpc) is 3.38. The number of anilines is 2. The summed E-state index contributed by atoms with van der Waals surface area (Å²) < 4.78 is 10.2. The zero-order valence-corrected chi connectivity index (χ0v) is 24.0. The smallest absolute Gasteiger partial charge is 0.337 e. The van der Waals surface area contributed by atoms with Gasteiger partial charge in [0, 0.05) is 10.9 Å². The quantitative estimate of drug-likeness (QED) is 0.313. The van der Waals surface area contributed by atoms with Crippen molar-refractivity contribution in [2.45, 2.75) is 25.6 Å². The normalized spacial score (nSPS) is 15.3. The Labute approximate surface area is 248 Å². The van der Waals surface area contributed by atoms with Crippen LogP contribution in [0, 0.1) is 0 Å². The van der Waals surface area contributed by atoms with Crippen molar-refractivity contribution in [3.8, 4) is 0 Å². The second kappa shape index (κ2) is 12.8. The summed E-state index contributed by atoms with van der Waals surface area (Å²) in [7, 11) is 2.92. The van der Waals surface area contributed by atoms with Crippen LogP contribution in [0.1, 0.15) is 33.3 Å². The number of hydrogen-bond donors (Lipinski definition) is 2. The summed E-state index contributed by atoms with van der Waals surface area (Å²) in [6.07, 6.45) is 0. The SMILES string of the molecule is CNC(C)C(=O)NC1CN(C(=O)c2ccc(C(=O)OC)cc2)c2ccccc2N(Cc2noc3ccccc23)C1=O.Cl. The molecule has 0 aliphatic carbocycles. The molecular formula is C30H30ClN5O6. The molecule has 1 aromatic heterocycles. The number of ether oxygens (including phenoxy) is 1. The predicted molar refractivity (Wildman–Crippen MR) is 159 cm³/mol. The number of rotatable bonds is 7. The van der Waals surface area contributed by atoms with Gasteiger partial charge >= 0.3 is 5.97 Å². The predicted octanol–water partition coefficient (Wildman–Crippen LogP) is 3.32. The summed E-state index contributed by atoms with van der Waals surface area (Å²) >= 11 is 0. The Hall–Kier alpha value is -4.74. The number of aromatic nitrogens is 1. The second-order valence-electron chi connectivity index (χ2n) is 9.59. The first-order valence-electron chi connectivity index (χ1n) is 13.0. The van der Waals surface area contributed by atoms with Gasteiger partial charge in [-0.05, 0) is 62.5 Å². The minimum Gasteiger partial charge on any atom is -0.465 e. The summed E-state index contributed by atoms with van der Waals surface area (Å²) in [5.74, 6) is -1.72. The molecule has 11 nitrogen and oxygen atoms in total. The van der Waals surface area contributed by atoms with Crippen LogP contribution >= 0.6 is 12.4 Å². The van der Waals surface area contributed by atoms with Gasteiger partial charge in [0.25, 0.3) is 11.8 Å². The number of para-hydroxylation sites is 3.